The van der Waals surface area contributed by atoms with Crippen molar-refractivity contribution in [1.82, 2.24) is 19.7 Å². The minimum atomic E-state index is -1.04. The summed E-state index contributed by atoms with van der Waals surface area (Å²) in [6.45, 7) is 6.04. The third-order valence-corrected chi connectivity index (χ3v) is 5.34. The topological polar surface area (TPSA) is 101 Å². The Morgan fingerprint density at radius 3 is 2.78 bits per heavy atom. The summed E-state index contributed by atoms with van der Waals surface area (Å²) < 4.78 is 7.42. The van der Waals surface area contributed by atoms with Gasteiger partial charge in [0.1, 0.15) is 17.4 Å². The largest absolute Gasteiger partial charge is 0.480 e. The molecule has 2 aromatic heterocycles. The quantitative estimate of drug-likeness (QED) is 0.759. The Morgan fingerprint density at radius 1 is 1.26 bits per heavy atom. The fourth-order valence-corrected chi connectivity index (χ4v) is 3.58. The van der Waals surface area contributed by atoms with E-state index in [0.717, 1.165) is 27.7 Å². The SMILES string of the molecule is Cc1ccc2c(CC(=O)N3Cc4nnc(C)n4CC3C(=O)O)coc2c1C. The molecule has 4 rings (SSSR count). The van der Waals surface area contributed by atoms with Crippen LogP contribution in [0.3, 0.4) is 0 Å². The maximum absolute atomic E-state index is 13.0. The molecule has 1 atom stereocenters. The number of carboxylic acids is 1. The number of rotatable bonds is 3. The Labute approximate surface area is 155 Å². The van der Waals surface area contributed by atoms with Crippen molar-refractivity contribution in [1.29, 1.82) is 0 Å². The fourth-order valence-electron chi connectivity index (χ4n) is 3.58. The van der Waals surface area contributed by atoms with Crippen LogP contribution in [0.5, 0.6) is 0 Å². The zero-order chi connectivity index (χ0) is 19.3. The number of aromatic nitrogens is 3. The fraction of sp³-hybridized carbons (Fsp3) is 0.368. The van der Waals surface area contributed by atoms with Gasteiger partial charge >= 0.3 is 5.97 Å². The predicted molar refractivity (Wildman–Crippen MR) is 96.1 cm³/mol. The van der Waals surface area contributed by atoms with E-state index in [2.05, 4.69) is 10.2 Å². The maximum Gasteiger partial charge on any atom is 0.328 e. The standard InChI is InChI=1S/C19H20N4O4/c1-10-4-5-14-13(9-27-18(14)11(10)2)6-17(24)23-8-16-21-20-12(3)22(16)7-15(23)19(25)26/h4-5,9,15H,6-8H2,1-3H3,(H,25,26). The van der Waals surface area contributed by atoms with Crippen LogP contribution in [-0.4, -0.2) is 42.7 Å². The van der Waals surface area contributed by atoms with Gasteiger partial charge in [0.15, 0.2) is 5.82 Å². The summed E-state index contributed by atoms with van der Waals surface area (Å²) in [5.74, 6) is -0.0576. The van der Waals surface area contributed by atoms with Crippen molar-refractivity contribution < 1.29 is 19.1 Å². The normalized spacial score (nSPS) is 16.6. The summed E-state index contributed by atoms with van der Waals surface area (Å²) in [6, 6.07) is 2.99. The molecule has 0 spiro atoms. The number of carbonyl (C=O) groups is 2. The van der Waals surface area contributed by atoms with Crippen molar-refractivity contribution in [2.75, 3.05) is 0 Å². The second kappa shape index (κ2) is 6.22. The highest BCUT2D eigenvalue weighted by atomic mass is 16.4. The van der Waals surface area contributed by atoms with E-state index in [9.17, 15) is 14.7 Å². The highest BCUT2D eigenvalue weighted by Gasteiger charge is 2.36. The third kappa shape index (κ3) is 2.77. The smallest absolute Gasteiger partial charge is 0.328 e. The molecule has 3 heterocycles. The number of nitrogens with zero attached hydrogens (tertiary/aromatic N) is 4. The van der Waals surface area contributed by atoms with Crippen LogP contribution in [0.25, 0.3) is 11.0 Å². The van der Waals surface area contributed by atoms with Crippen molar-refractivity contribution in [3.63, 3.8) is 0 Å². The average Bonchev–Trinajstić information content (AvgIpc) is 3.21. The number of carbonyl (C=O) groups excluding carboxylic acids is 1. The van der Waals surface area contributed by atoms with E-state index < -0.39 is 12.0 Å². The zero-order valence-electron chi connectivity index (χ0n) is 15.4. The molecule has 1 N–H and O–H groups in total. The van der Waals surface area contributed by atoms with Gasteiger partial charge < -0.3 is 19.0 Å². The molecule has 8 heteroatoms. The predicted octanol–water partition coefficient (Wildman–Crippen LogP) is 1.99. The van der Waals surface area contributed by atoms with E-state index in [1.807, 2.05) is 26.0 Å². The van der Waals surface area contributed by atoms with E-state index in [0.29, 0.717) is 11.6 Å². The van der Waals surface area contributed by atoms with Gasteiger partial charge in [-0.05, 0) is 31.9 Å². The van der Waals surface area contributed by atoms with Crippen molar-refractivity contribution in [3.05, 3.63) is 46.7 Å². The molecule has 0 saturated carbocycles. The van der Waals surface area contributed by atoms with Crippen LogP contribution in [0, 0.1) is 20.8 Å². The van der Waals surface area contributed by atoms with E-state index >= 15 is 0 Å². The molecule has 0 radical (unpaired) electrons. The Balaban J connectivity index is 1.64. The molecular formula is C19H20N4O4. The van der Waals surface area contributed by atoms with E-state index in [-0.39, 0.29) is 25.4 Å². The van der Waals surface area contributed by atoms with Crippen LogP contribution in [0.2, 0.25) is 0 Å². The second-order valence-electron chi connectivity index (χ2n) is 6.97. The van der Waals surface area contributed by atoms with Crippen molar-refractivity contribution >= 4 is 22.8 Å². The molecule has 1 amide bonds. The second-order valence-corrected chi connectivity index (χ2v) is 6.97. The van der Waals surface area contributed by atoms with Gasteiger partial charge in [0.2, 0.25) is 5.91 Å². The van der Waals surface area contributed by atoms with Crippen molar-refractivity contribution in [2.24, 2.45) is 0 Å². The van der Waals surface area contributed by atoms with Gasteiger partial charge in [0, 0.05) is 10.9 Å². The van der Waals surface area contributed by atoms with Crippen LogP contribution in [0.4, 0.5) is 0 Å². The summed E-state index contributed by atoms with van der Waals surface area (Å²) >= 11 is 0. The molecule has 8 nitrogen and oxygen atoms in total. The minimum absolute atomic E-state index is 0.0758. The van der Waals surface area contributed by atoms with Crippen LogP contribution in [-0.2, 0) is 29.1 Å². The van der Waals surface area contributed by atoms with Crippen molar-refractivity contribution in [3.8, 4) is 0 Å². The number of benzene rings is 1. The Kier molecular flexibility index (Phi) is 3.98. The van der Waals surface area contributed by atoms with E-state index in [1.54, 1.807) is 17.8 Å². The molecule has 0 fully saturated rings. The van der Waals surface area contributed by atoms with Gasteiger partial charge in [-0.15, -0.1) is 10.2 Å². The highest BCUT2D eigenvalue weighted by Crippen LogP contribution is 2.28. The number of aryl methyl sites for hydroxylation is 3. The zero-order valence-corrected chi connectivity index (χ0v) is 15.4. The number of fused-ring (bicyclic) bond motifs is 2. The lowest BCUT2D eigenvalue weighted by Gasteiger charge is -2.33. The molecule has 27 heavy (non-hydrogen) atoms. The Bertz CT molecular complexity index is 1070. The molecule has 0 saturated heterocycles. The number of carboxylic acid groups (broad SMARTS) is 1. The molecule has 0 bridgehead atoms. The number of hydrogen-bond acceptors (Lipinski definition) is 5. The summed E-state index contributed by atoms with van der Waals surface area (Å²) in [7, 11) is 0. The Morgan fingerprint density at radius 2 is 2.04 bits per heavy atom. The maximum atomic E-state index is 13.0. The first-order chi connectivity index (χ1) is 12.9. The summed E-state index contributed by atoms with van der Waals surface area (Å²) in [6.07, 6.45) is 1.66. The van der Waals surface area contributed by atoms with Crippen LogP contribution in [0.1, 0.15) is 28.3 Å². The third-order valence-electron chi connectivity index (χ3n) is 5.34. The van der Waals surface area contributed by atoms with Gasteiger partial charge in [-0.2, -0.15) is 0 Å². The van der Waals surface area contributed by atoms with Crippen LogP contribution in [0.15, 0.2) is 22.8 Å². The molecular weight excluding hydrogens is 348 g/mol. The summed E-state index contributed by atoms with van der Waals surface area (Å²) in [5.41, 5.74) is 3.68. The molecule has 140 valence electrons. The monoisotopic (exact) mass is 368 g/mol. The highest BCUT2D eigenvalue weighted by molar-refractivity contribution is 5.91. The first kappa shape index (κ1) is 17.3. The van der Waals surface area contributed by atoms with Crippen molar-refractivity contribution in [2.45, 2.75) is 46.3 Å². The van der Waals surface area contributed by atoms with Gasteiger partial charge in [0.25, 0.3) is 0 Å². The molecule has 1 aromatic carbocycles. The average molecular weight is 368 g/mol. The summed E-state index contributed by atoms with van der Waals surface area (Å²) in [5, 5.41) is 18.5. The molecule has 0 aliphatic carbocycles. The van der Waals surface area contributed by atoms with Gasteiger partial charge in [0.05, 0.1) is 25.8 Å². The lowest BCUT2D eigenvalue weighted by Crippen LogP contribution is -2.51. The Hall–Kier alpha value is -3.16. The summed E-state index contributed by atoms with van der Waals surface area (Å²) in [4.78, 5) is 26.1. The number of hydrogen-bond donors (Lipinski definition) is 1. The molecule has 1 unspecified atom stereocenters. The van der Waals surface area contributed by atoms with E-state index in [1.165, 1.54) is 4.90 Å². The number of furan rings is 1. The first-order valence-corrected chi connectivity index (χ1v) is 8.74. The first-order valence-electron chi connectivity index (χ1n) is 8.74. The van der Waals surface area contributed by atoms with Crippen LogP contribution < -0.4 is 0 Å². The van der Waals surface area contributed by atoms with E-state index in [4.69, 9.17) is 4.42 Å². The van der Waals surface area contributed by atoms with Gasteiger partial charge in [-0.1, -0.05) is 12.1 Å². The lowest BCUT2D eigenvalue weighted by molar-refractivity contribution is -0.152. The molecule has 1 aliphatic rings. The van der Waals surface area contributed by atoms with Crippen LogP contribution >= 0.6 is 0 Å². The molecule has 3 aromatic rings. The van der Waals surface area contributed by atoms with Gasteiger partial charge in [-0.3, -0.25) is 4.79 Å². The molecule has 1 aliphatic heterocycles. The number of amides is 1. The lowest BCUT2D eigenvalue weighted by atomic mass is 10.0. The minimum Gasteiger partial charge on any atom is -0.480 e. The number of aliphatic carboxylic acids is 1. The van der Waals surface area contributed by atoms with Gasteiger partial charge in [-0.25, -0.2) is 4.79 Å².